The number of aliphatic hydroxyl groups excluding tert-OH is 1. The summed E-state index contributed by atoms with van der Waals surface area (Å²) in [6.07, 6.45) is 0.522. The van der Waals surface area contributed by atoms with E-state index in [1.54, 1.807) is 14.0 Å². The Morgan fingerprint density at radius 2 is 1.96 bits per heavy atom. The number of amides is 1. The molecule has 3 aliphatic rings. The molecule has 3 saturated heterocycles. The molecule has 0 aliphatic carbocycles. The molecule has 1 spiro atoms. The number of aliphatic hydroxyl groups is 1. The van der Waals surface area contributed by atoms with Crippen molar-refractivity contribution in [1.29, 1.82) is 0 Å². The summed E-state index contributed by atoms with van der Waals surface area (Å²) < 4.78 is 5.21. The van der Waals surface area contributed by atoms with E-state index in [0.29, 0.717) is 6.04 Å². The first-order chi connectivity index (χ1) is 12.0. The standard InChI is InChI=1S/C19H27N3O3/c1-14(23)21-9-16-7-17(24)10-22(16)19(13-21)11-20(12-19)8-15-3-5-18(25-2)6-4-15/h3-6,16-17,24H,7-13H2,1-2H3/t16-,17-/m1/s1. The fraction of sp³-hybridized carbons (Fsp3) is 0.632. The Morgan fingerprint density at radius 1 is 1.24 bits per heavy atom. The highest BCUT2D eigenvalue weighted by Gasteiger charge is 2.56. The molecule has 3 fully saturated rings. The smallest absolute Gasteiger partial charge is 0.219 e. The van der Waals surface area contributed by atoms with Gasteiger partial charge in [-0.2, -0.15) is 0 Å². The highest BCUT2D eigenvalue weighted by atomic mass is 16.5. The first-order valence-electron chi connectivity index (χ1n) is 9.05. The Hall–Kier alpha value is -1.63. The van der Waals surface area contributed by atoms with Gasteiger partial charge >= 0.3 is 0 Å². The topological polar surface area (TPSA) is 56.3 Å². The number of nitrogens with zero attached hydrogens (tertiary/aromatic N) is 3. The lowest BCUT2D eigenvalue weighted by Crippen LogP contribution is -2.78. The van der Waals surface area contributed by atoms with Gasteiger partial charge in [0.05, 0.1) is 18.8 Å². The van der Waals surface area contributed by atoms with Crippen LogP contribution in [0.3, 0.4) is 0 Å². The highest BCUT2D eigenvalue weighted by molar-refractivity contribution is 5.73. The van der Waals surface area contributed by atoms with Gasteiger partial charge in [0, 0.05) is 52.2 Å². The highest BCUT2D eigenvalue weighted by Crippen LogP contribution is 2.39. The van der Waals surface area contributed by atoms with E-state index in [1.165, 1.54) is 5.56 Å². The van der Waals surface area contributed by atoms with Gasteiger partial charge in [-0.25, -0.2) is 0 Å². The zero-order chi connectivity index (χ0) is 17.6. The lowest BCUT2D eigenvalue weighted by atomic mass is 9.83. The summed E-state index contributed by atoms with van der Waals surface area (Å²) in [6.45, 7) is 6.75. The molecule has 1 amide bonds. The van der Waals surface area contributed by atoms with Crippen molar-refractivity contribution < 1.29 is 14.6 Å². The fourth-order valence-corrected chi connectivity index (χ4v) is 4.82. The molecule has 0 radical (unpaired) electrons. The lowest BCUT2D eigenvalue weighted by Gasteiger charge is -2.61. The number of ether oxygens (including phenoxy) is 1. The Balaban J connectivity index is 1.44. The van der Waals surface area contributed by atoms with Crippen molar-refractivity contribution in [1.82, 2.24) is 14.7 Å². The Bertz CT molecular complexity index is 642. The minimum absolute atomic E-state index is 0.0124. The number of likely N-dealkylation sites (tertiary alicyclic amines) is 1. The van der Waals surface area contributed by atoms with Gasteiger partial charge in [-0.15, -0.1) is 0 Å². The minimum Gasteiger partial charge on any atom is -0.497 e. The van der Waals surface area contributed by atoms with Crippen LogP contribution in [0.15, 0.2) is 24.3 Å². The maximum Gasteiger partial charge on any atom is 0.219 e. The molecule has 4 rings (SSSR count). The van der Waals surface area contributed by atoms with Crippen LogP contribution in [0, 0.1) is 0 Å². The second-order valence-electron chi connectivity index (χ2n) is 7.81. The normalized spacial score (nSPS) is 28.7. The van der Waals surface area contributed by atoms with E-state index < -0.39 is 0 Å². The van der Waals surface area contributed by atoms with Crippen LogP contribution < -0.4 is 4.74 Å². The Morgan fingerprint density at radius 3 is 2.60 bits per heavy atom. The van der Waals surface area contributed by atoms with Crippen LogP contribution in [0.2, 0.25) is 0 Å². The average molecular weight is 345 g/mol. The van der Waals surface area contributed by atoms with E-state index in [-0.39, 0.29) is 17.6 Å². The molecule has 1 aromatic rings. The molecule has 0 unspecified atom stereocenters. The molecule has 0 aromatic heterocycles. The molecule has 0 saturated carbocycles. The molecule has 0 bridgehead atoms. The van der Waals surface area contributed by atoms with Crippen molar-refractivity contribution >= 4 is 5.91 Å². The van der Waals surface area contributed by atoms with Crippen molar-refractivity contribution in [2.24, 2.45) is 0 Å². The van der Waals surface area contributed by atoms with Crippen LogP contribution in [0.1, 0.15) is 18.9 Å². The van der Waals surface area contributed by atoms with Crippen molar-refractivity contribution in [3.05, 3.63) is 29.8 Å². The molecule has 6 nitrogen and oxygen atoms in total. The van der Waals surface area contributed by atoms with Crippen LogP contribution in [0.4, 0.5) is 0 Å². The molecule has 1 aromatic carbocycles. The van der Waals surface area contributed by atoms with Crippen molar-refractivity contribution in [3.8, 4) is 5.75 Å². The first kappa shape index (κ1) is 16.8. The largest absolute Gasteiger partial charge is 0.497 e. The van der Waals surface area contributed by atoms with Crippen molar-refractivity contribution in [2.75, 3.05) is 39.8 Å². The van der Waals surface area contributed by atoms with Crippen LogP contribution >= 0.6 is 0 Å². The molecule has 2 atom stereocenters. The number of hydrogen-bond donors (Lipinski definition) is 1. The quantitative estimate of drug-likeness (QED) is 0.867. The van der Waals surface area contributed by atoms with Crippen LogP contribution in [0.5, 0.6) is 5.75 Å². The van der Waals surface area contributed by atoms with Crippen LogP contribution in [-0.4, -0.2) is 83.2 Å². The zero-order valence-corrected chi connectivity index (χ0v) is 15.0. The summed E-state index contributed by atoms with van der Waals surface area (Å²) in [5, 5.41) is 10.1. The van der Waals surface area contributed by atoms with E-state index in [9.17, 15) is 9.90 Å². The van der Waals surface area contributed by atoms with E-state index in [0.717, 1.165) is 51.4 Å². The molecule has 3 aliphatic heterocycles. The van der Waals surface area contributed by atoms with Gasteiger partial charge < -0.3 is 14.7 Å². The average Bonchev–Trinajstić information content (AvgIpc) is 2.94. The second kappa shape index (κ2) is 6.27. The molecular formula is C19H27N3O3. The van der Waals surface area contributed by atoms with Crippen molar-refractivity contribution in [3.63, 3.8) is 0 Å². The summed E-state index contributed by atoms with van der Waals surface area (Å²) >= 11 is 0. The number of carbonyl (C=O) groups is 1. The van der Waals surface area contributed by atoms with Gasteiger partial charge in [0.2, 0.25) is 5.91 Å². The minimum atomic E-state index is -0.260. The Kier molecular flexibility index (Phi) is 4.22. The van der Waals surface area contributed by atoms with Gasteiger partial charge in [-0.05, 0) is 24.1 Å². The first-order valence-corrected chi connectivity index (χ1v) is 9.05. The number of carbonyl (C=O) groups excluding carboxylic acids is 1. The van der Waals surface area contributed by atoms with Gasteiger partial charge in [0.15, 0.2) is 0 Å². The third-order valence-electron chi connectivity index (χ3n) is 5.96. The Labute approximate surface area is 149 Å². The molecular weight excluding hydrogens is 318 g/mol. The van der Waals surface area contributed by atoms with Gasteiger partial charge in [-0.1, -0.05) is 12.1 Å². The number of fused-ring (bicyclic) bond motifs is 2. The van der Waals surface area contributed by atoms with Crippen LogP contribution in [-0.2, 0) is 11.3 Å². The maximum atomic E-state index is 11.9. The predicted octanol–water partition coefficient (Wildman–Crippen LogP) is 0.547. The van der Waals surface area contributed by atoms with Crippen LogP contribution in [0.25, 0.3) is 0 Å². The second-order valence-corrected chi connectivity index (χ2v) is 7.81. The maximum absolute atomic E-state index is 11.9. The molecule has 25 heavy (non-hydrogen) atoms. The number of benzene rings is 1. The fourth-order valence-electron chi connectivity index (χ4n) is 4.82. The summed E-state index contributed by atoms with van der Waals surface area (Å²) in [4.78, 5) is 18.8. The van der Waals surface area contributed by atoms with Gasteiger partial charge in [0.1, 0.15) is 5.75 Å². The van der Waals surface area contributed by atoms with Gasteiger partial charge in [0.25, 0.3) is 0 Å². The number of rotatable bonds is 3. The molecule has 136 valence electrons. The molecule has 6 heteroatoms. The zero-order valence-electron chi connectivity index (χ0n) is 15.0. The monoisotopic (exact) mass is 345 g/mol. The summed E-state index contributed by atoms with van der Waals surface area (Å²) in [7, 11) is 1.68. The van der Waals surface area contributed by atoms with Gasteiger partial charge in [-0.3, -0.25) is 14.6 Å². The number of piperazine rings is 1. The predicted molar refractivity (Wildman–Crippen MR) is 94.4 cm³/mol. The van der Waals surface area contributed by atoms with E-state index in [2.05, 4.69) is 21.9 Å². The molecule has 1 N–H and O–H groups in total. The summed E-state index contributed by atoms with van der Waals surface area (Å²) in [5.74, 6) is 1.02. The lowest BCUT2D eigenvalue weighted by molar-refractivity contribution is -0.149. The SMILES string of the molecule is COc1ccc(CN2CC3(C2)CN(C(C)=O)C[C@H]2C[C@@H](O)CN23)cc1. The van der Waals surface area contributed by atoms with E-state index >= 15 is 0 Å². The summed E-state index contributed by atoms with van der Waals surface area (Å²) in [6, 6.07) is 8.51. The third kappa shape index (κ3) is 3.03. The molecule has 3 heterocycles. The number of methoxy groups -OCH3 is 1. The van der Waals surface area contributed by atoms with Crippen molar-refractivity contribution in [2.45, 2.75) is 37.6 Å². The number of hydrogen-bond acceptors (Lipinski definition) is 5. The van der Waals surface area contributed by atoms with E-state index in [1.807, 2.05) is 17.0 Å². The number of β-amino-alcohol motifs (C(OH)–C–C–N with tert-alkyl or cyclic N) is 1. The summed E-state index contributed by atoms with van der Waals surface area (Å²) in [5.41, 5.74) is 1.28. The van der Waals surface area contributed by atoms with E-state index in [4.69, 9.17) is 4.74 Å². The third-order valence-corrected chi connectivity index (χ3v) is 5.96.